The molecule has 0 heterocycles. The summed E-state index contributed by atoms with van der Waals surface area (Å²) in [6.07, 6.45) is 4.84. The van der Waals surface area contributed by atoms with Gasteiger partial charge in [0.25, 0.3) is 0 Å². The van der Waals surface area contributed by atoms with Gasteiger partial charge in [0.15, 0.2) is 0 Å². The maximum Gasteiger partial charge on any atom is 0.304 e. The van der Waals surface area contributed by atoms with Crippen LogP contribution in [0.4, 0.5) is 0 Å². The number of carboxylic acids is 1. The molecule has 1 rings (SSSR count). The van der Waals surface area contributed by atoms with Crippen molar-refractivity contribution in [2.45, 2.75) is 42.6 Å². The molecule has 1 saturated carbocycles. The summed E-state index contributed by atoms with van der Waals surface area (Å²) in [5.74, 6) is -0.209. The van der Waals surface area contributed by atoms with E-state index >= 15 is 0 Å². The molecular weight excluding hydrogens is 248 g/mol. The largest absolute Gasteiger partial charge is 0.481 e. The van der Waals surface area contributed by atoms with Crippen LogP contribution >= 0.6 is 11.8 Å². The molecule has 0 saturated heterocycles. The molecule has 1 fully saturated rings. The molecule has 1 aliphatic carbocycles. The van der Waals surface area contributed by atoms with Crippen LogP contribution in [0.15, 0.2) is 0 Å². The zero-order chi connectivity index (χ0) is 12.2. The quantitative estimate of drug-likeness (QED) is 0.817. The van der Waals surface area contributed by atoms with Gasteiger partial charge in [-0.3, -0.25) is 4.79 Å². The molecule has 1 aliphatic rings. The smallest absolute Gasteiger partial charge is 0.304 e. The molecule has 16 heavy (non-hydrogen) atoms. The van der Waals surface area contributed by atoms with Crippen LogP contribution in [0, 0.1) is 0 Å². The Bertz CT molecular complexity index is 337. The number of aliphatic carboxylic acids is 1. The van der Waals surface area contributed by atoms with E-state index in [1.807, 2.05) is 0 Å². The van der Waals surface area contributed by atoms with Gasteiger partial charge < -0.3 is 5.11 Å². The van der Waals surface area contributed by atoms with Gasteiger partial charge in [-0.2, -0.15) is 11.8 Å². The lowest BCUT2D eigenvalue weighted by Gasteiger charge is -2.27. The van der Waals surface area contributed by atoms with E-state index in [1.54, 1.807) is 11.8 Å². The van der Waals surface area contributed by atoms with Gasteiger partial charge in [0, 0.05) is 17.3 Å². The summed E-state index contributed by atoms with van der Waals surface area (Å²) in [6.45, 7) is 0. The zero-order valence-corrected chi connectivity index (χ0v) is 11.0. The number of carbonyl (C=O) groups is 1. The fourth-order valence-corrected chi connectivity index (χ4v) is 4.58. The van der Waals surface area contributed by atoms with Gasteiger partial charge in [-0.05, 0) is 19.3 Å². The van der Waals surface area contributed by atoms with E-state index in [0.29, 0.717) is 17.4 Å². The number of rotatable bonds is 5. The van der Waals surface area contributed by atoms with Crippen LogP contribution < -0.4 is 0 Å². The van der Waals surface area contributed by atoms with Gasteiger partial charge >= 0.3 is 5.97 Å². The summed E-state index contributed by atoms with van der Waals surface area (Å²) < 4.78 is 22.8. The molecule has 2 atom stereocenters. The first-order chi connectivity index (χ1) is 7.39. The average Bonchev–Trinajstić information content (AvgIpc) is 2.16. The molecule has 0 bridgehead atoms. The lowest BCUT2D eigenvalue weighted by Crippen LogP contribution is -2.28. The molecule has 1 N–H and O–H groups in total. The first-order valence-electron chi connectivity index (χ1n) is 5.42. The third-order valence-corrected chi connectivity index (χ3v) is 5.83. The van der Waals surface area contributed by atoms with Crippen LogP contribution in [0.2, 0.25) is 0 Å². The van der Waals surface area contributed by atoms with Crippen molar-refractivity contribution in [3.05, 3.63) is 0 Å². The van der Waals surface area contributed by atoms with Crippen molar-refractivity contribution in [2.75, 3.05) is 12.0 Å². The number of thioether (sulfide) groups is 1. The molecule has 0 amide bonds. The summed E-state index contributed by atoms with van der Waals surface area (Å²) in [6, 6.07) is 0. The highest BCUT2D eigenvalue weighted by molar-refractivity contribution is 8.00. The van der Waals surface area contributed by atoms with Crippen LogP contribution in [0.25, 0.3) is 0 Å². The van der Waals surface area contributed by atoms with E-state index in [9.17, 15) is 13.2 Å². The summed E-state index contributed by atoms with van der Waals surface area (Å²) in [5, 5.41) is 8.61. The molecule has 2 unspecified atom stereocenters. The van der Waals surface area contributed by atoms with E-state index in [0.717, 1.165) is 19.3 Å². The maximum atomic E-state index is 11.4. The molecule has 0 aromatic heterocycles. The normalized spacial score (nSPS) is 26.6. The molecule has 4 nitrogen and oxygen atoms in total. The van der Waals surface area contributed by atoms with Gasteiger partial charge in [0.05, 0.1) is 11.7 Å². The molecule has 0 aromatic rings. The monoisotopic (exact) mass is 266 g/mol. The number of sulfone groups is 1. The third-order valence-electron chi connectivity index (χ3n) is 2.85. The van der Waals surface area contributed by atoms with Crippen molar-refractivity contribution in [2.24, 2.45) is 0 Å². The minimum Gasteiger partial charge on any atom is -0.481 e. The van der Waals surface area contributed by atoms with Gasteiger partial charge in [0.2, 0.25) is 0 Å². The number of hydrogen-bond donors (Lipinski definition) is 1. The van der Waals surface area contributed by atoms with E-state index in [-0.39, 0.29) is 11.7 Å². The van der Waals surface area contributed by atoms with Crippen LogP contribution in [0.1, 0.15) is 32.1 Å². The summed E-state index contributed by atoms with van der Waals surface area (Å²) in [5.41, 5.74) is 0. The van der Waals surface area contributed by atoms with E-state index in [4.69, 9.17) is 5.11 Å². The Balaban J connectivity index is 2.36. The molecular formula is C10H18O4S2. The summed E-state index contributed by atoms with van der Waals surface area (Å²) >= 11 is 1.60. The zero-order valence-electron chi connectivity index (χ0n) is 9.39. The third kappa shape index (κ3) is 4.74. The lowest BCUT2D eigenvalue weighted by molar-refractivity contribution is -0.136. The Morgan fingerprint density at radius 2 is 2.12 bits per heavy atom. The summed E-state index contributed by atoms with van der Waals surface area (Å²) in [4.78, 5) is 10.4. The topological polar surface area (TPSA) is 71.4 Å². The van der Waals surface area contributed by atoms with Crippen molar-refractivity contribution in [1.82, 2.24) is 0 Å². The van der Waals surface area contributed by atoms with E-state index < -0.39 is 15.8 Å². The van der Waals surface area contributed by atoms with E-state index in [2.05, 4.69) is 0 Å². The van der Waals surface area contributed by atoms with Crippen LogP contribution in [0.3, 0.4) is 0 Å². The van der Waals surface area contributed by atoms with Gasteiger partial charge in [-0.1, -0.05) is 6.42 Å². The Morgan fingerprint density at radius 1 is 1.44 bits per heavy atom. The highest BCUT2D eigenvalue weighted by atomic mass is 32.2. The van der Waals surface area contributed by atoms with Crippen LogP contribution in [-0.2, 0) is 14.6 Å². The van der Waals surface area contributed by atoms with Crippen LogP contribution in [0.5, 0.6) is 0 Å². The Morgan fingerprint density at radius 3 is 2.69 bits per heavy atom. The minimum atomic E-state index is -2.93. The molecule has 0 radical (unpaired) electrons. The Hall–Kier alpha value is -0.230. The molecule has 0 aromatic carbocycles. The predicted octanol–water partition coefficient (Wildman–Crippen LogP) is 1.55. The fourth-order valence-electron chi connectivity index (χ4n) is 1.96. The average molecular weight is 266 g/mol. The highest BCUT2D eigenvalue weighted by Gasteiger charge is 2.28. The second-order valence-corrected chi connectivity index (χ2v) is 7.99. The second-order valence-electron chi connectivity index (χ2n) is 4.25. The molecule has 94 valence electrons. The second kappa shape index (κ2) is 5.91. The first kappa shape index (κ1) is 13.8. The number of carboxylic acid groups (broad SMARTS) is 1. The van der Waals surface area contributed by atoms with Gasteiger partial charge in [0.1, 0.15) is 9.84 Å². The van der Waals surface area contributed by atoms with E-state index in [1.165, 1.54) is 6.26 Å². The number of hydrogen-bond acceptors (Lipinski definition) is 4. The molecule has 0 spiro atoms. The Labute approximate surface area is 101 Å². The Kier molecular flexibility index (Phi) is 5.11. The molecule has 6 heteroatoms. The van der Waals surface area contributed by atoms with Crippen molar-refractivity contribution < 1.29 is 18.3 Å². The fraction of sp³-hybridized carbons (Fsp3) is 0.900. The van der Waals surface area contributed by atoms with Crippen molar-refractivity contribution in [1.29, 1.82) is 0 Å². The van der Waals surface area contributed by atoms with Crippen LogP contribution in [-0.4, -0.2) is 42.0 Å². The minimum absolute atomic E-state index is 0.157. The first-order valence-corrected chi connectivity index (χ1v) is 8.42. The maximum absolute atomic E-state index is 11.4. The van der Waals surface area contributed by atoms with Gasteiger partial charge in [-0.25, -0.2) is 8.42 Å². The predicted molar refractivity (Wildman–Crippen MR) is 65.6 cm³/mol. The van der Waals surface area contributed by atoms with Crippen molar-refractivity contribution >= 4 is 27.6 Å². The van der Waals surface area contributed by atoms with Gasteiger partial charge in [-0.15, -0.1) is 0 Å². The van der Waals surface area contributed by atoms with Crippen molar-refractivity contribution in [3.8, 4) is 0 Å². The highest BCUT2D eigenvalue weighted by Crippen LogP contribution is 2.31. The standard InChI is InChI=1S/C10H18O4S2/c1-16(13,14)9-4-2-3-8(7-9)15-6-5-10(11)12/h8-9H,2-7H2,1H3,(H,11,12). The summed E-state index contributed by atoms with van der Waals surface area (Å²) in [7, 11) is -2.93. The molecule has 0 aliphatic heterocycles. The SMILES string of the molecule is CS(=O)(=O)C1CCCC(SCCC(=O)O)C1. The lowest BCUT2D eigenvalue weighted by atomic mass is 10.00. The van der Waals surface area contributed by atoms with Crippen molar-refractivity contribution in [3.63, 3.8) is 0 Å².